The van der Waals surface area contributed by atoms with Gasteiger partial charge in [-0.15, -0.1) is 0 Å². The molecule has 0 aliphatic rings. The zero-order valence-corrected chi connectivity index (χ0v) is 7.90. The summed E-state index contributed by atoms with van der Waals surface area (Å²) in [4.78, 5) is 7.82. The van der Waals surface area contributed by atoms with Crippen LogP contribution in [0.15, 0.2) is 12.4 Å². The van der Waals surface area contributed by atoms with Gasteiger partial charge < -0.3 is 9.84 Å². The first-order chi connectivity index (χ1) is 6.27. The van der Waals surface area contributed by atoms with E-state index in [4.69, 9.17) is 4.74 Å². The average molecular weight is 182 g/mol. The molecule has 4 heteroatoms. The maximum absolute atomic E-state index is 9.59. The second kappa shape index (κ2) is 4.77. The van der Waals surface area contributed by atoms with E-state index in [2.05, 4.69) is 9.97 Å². The van der Waals surface area contributed by atoms with Gasteiger partial charge in [0.05, 0.1) is 18.9 Å². The molecule has 1 aromatic rings. The summed E-state index contributed by atoms with van der Waals surface area (Å²) in [6.45, 7) is 2.02. The smallest absolute Gasteiger partial charge is 0.216 e. The maximum Gasteiger partial charge on any atom is 0.216 e. The molecule has 1 rings (SSSR count). The highest BCUT2D eigenvalue weighted by molar-refractivity contribution is 5.15. The molecule has 1 N–H and O–H groups in total. The number of hydrogen-bond donors (Lipinski definition) is 1. The highest BCUT2D eigenvalue weighted by atomic mass is 16.5. The highest BCUT2D eigenvalue weighted by Crippen LogP contribution is 2.17. The van der Waals surface area contributed by atoms with Gasteiger partial charge in [0.25, 0.3) is 0 Å². The number of nitrogens with zero attached hydrogens (tertiary/aromatic N) is 2. The fourth-order valence-electron chi connectivity index (χ4n) is 1.07. The lowest BCUT2D eigenvalue weighted by Crippen LogP contribution is -2.01. The summed E-state index contributed by atoms with van der Waals surface area (Å²) in [5, 5.41) is 9.59. The zero-order chi connectivity index (χ0) is 9.68. The van der Waals surface area contributed by atoms with Crippen LogP contribution in [0, 0.1) is 0 Å². The molecule has 1 aromatic heterocycles. The van der Waals surface area contributed by atoms with Gasteiger partial charge >= 0.3 is 0 Å². The largest absolute Gasteiger partial charge is 0.481 e. The van der Waals surface area contributed by atoms with E-state index in [1.54, 1.807) is 6.07 Å². The van der Waals surface area contributed by atoms with Crippen molar-refractivity contribution in [3.05, 3.63) is 18.1 Å². The molecular weight excluding hydrogens is 168 g/mol. The van der Waals surface area contributed by atoms with Gasteiger partial charge in [0.1, 0.15) is 6.33 Å². The molecule has 0 saturated carbocycles. The Bertz CT molecular complexity index is 266. The molecule has 0 aliphatic carbocycles. The Morgan fingerprint density at radius 2 is 2.31 bits per heavy atom. The summed E-state index contributed by atoms with van der Waals surface area (Å²) >= 11 is 0. The van der Waals surface area contributed by atoms with Crippen LogP contribution in [-0.2, 0) is 0 Å². The minimum atomic E-state index is -0.512. The van der Waals surface area contributed by atoms with Crippen LogP contribution >= 0.6 is 0 Å². The van der Waals surface area contributed by atoms with Gasteiger partial charge in [-0.3, -0.25) is 0 Å². The Hall–Kier alpha value is -1.16. The lowest BCUT2D eigenvalue weighted by molar-refractivity contribution is 0.161. The zero-order valence-electron chi connectivity index (χ0n) is 7.90. The van der Waals surface area contributed by atoms with Crippen molar-refractivity contribution in [1.29, 1.82) is 0 Å². The van der Waals surface area contributed by atoms with E-state index in [9.17, 15) is 5.11 Å². The number of rotatable bonds is 4. The van der Waals surface area contributed by atoms with E-state index in [1.807, 2.05) is 6.92 Å². The van der Waals surface area contributed by atoms with Crippen molar-refractivity contribution in [2.45, 2.75) is 25.9 Å². The third kappa shape index (κ3) is 2.66. The van der Waals surface area contributed by atoms with Crippen LogP contribution in [0.2, 0.25) is 0 Å². The molecule has 1 atom stereocenters. The molecular formula is C9H14N2O2. The highest BCUT2D eigenvalue weighted by Gasteiger charge is 2.08. The van der Waals surface area contributed by atoms with Crippen LogP contribution in [0.3, 0.4) is 0 Å². The lowest BCUT2D eigenvalue weighted by atomic mass is 10.1. The van der Waals surface area contributed by atoms with Crippen LogP contribution in [0.4, 0.5) is 0 Å². The van der Waals surface area contributed by atoms with Crippen LogP contribution in [0.1, 0.15) is 31.6 Å². The molecule has 13 heavy (non-hydrogen) atoms. The number of methoxy groups -OCH3 is 1. The number of ether oxygens (including phenoxy) is 1. The minimum absolute atomic E-state index is 0.486. The van der Waals surface area contributed by atoms with Crippen molar-refractivity contribution in [2.75, 3.05) is 7.11 Å². The predicted molar refractivity (Wildman–Crippen MR) is 48.5 cm³/mol. The van der Waals surface area contributed by atoms with E-state index in [0.717, 1.165) is 6.42 Å². The normalized spacial score (nSPS) is 12.5. The Labute approximate surface area is 77.6 Å². The van der Waals surface area contributed by atoms with Gasteiger partial charge in [-0.2, -0.15) is 0 Å². The summed E-state index contributed by atoms with van der Waals surface area (Å²) in [7, 11) is 1.54. The van der Waals surface area contributed by atoms with Crippen LogP contribution in [0.5, 0.6) is 5.88 Å². The number of aliphatic hydroxyl groups excluding tert-OH is 1. The molecule has 0 fully saturated rings. The van der Waals surface area contributed by atoms with E-state index in [0.29, 0.717) is 18.0 Å². The van der Waals surface area contributed by atoms with Gasteiger partial charge in [0, 0.05) is 6.07 Å². The van der Waals surface area contributed by atoms with Crippen molar-refractivity contribution >= 4 is 0 Å². The lowest BCUT2D eigenvalue weighted by Gasteiger charge is -2.08. The third-order valence-corrected chi connectivity index (χ3v) is 1.78. The van der Waals surface area contributed by atoms with Gasteiger partial charge in [-0.1, -0.05) is 13.3 Å². The molecule has 0 aromatic carbocycles. The van der Waals surface area contributed by atoms with Crippen LogP contribution in [-0.4, -0.2) is 22.2 Å². The molecule has 0 bridgehead atoms. The molecule has 0 saturated heterocycles. The fourth-order valence-corrected chi connectivity index (χ4v) is 1.07. The SMILES string of the molecule is CCC[C@@H](O)c1cc(OC)ncn1. The second-order valence-electron chi connectivity index (χ2n) is 2.79. The number of hydrogen-bond acceptors (Lipinski definition) is 4. The second-order valence-corrected chi connectivity index (χ2v) is 2.79. The third-order valence-electron chi connectivity index (χ3n) is 1.78. The molecule has 72 valence electrons. The summed E-state index contributed by atoms with van der Waals surface area (Å²) in [6, 6.07) is 1.65. The first-order valence-corrected chi connectivity index (χ1v) is 4.32. The maximum atomic E-state index is 9.59. The Morgan fingerprint density at radius 1 is 1.54 bits per heavy atom. The topological polar surface area (TPSA) is 55.2 Å². The van der Waals surface area contributed by atoms with Crippen molar-refractivity contribution in [3.63, 3.8) is 0 Å². The standard InChI is InChI=1S/C9H14N2O2/c1-3-4-8(12)7-5-9(13-2)11-6-10-7/h5-6,8,12H,3-4H2,1-2H3/t8-/m1/s1. The van der Waals surface area contributed by atoms with Gasteiger partial charge in [-0.25, -0.2) is 9.97 Å². The molecule has 0 spiro atoms. The van der Waals surface area contributed by atoms with E-state index < -0.39 is 6.10 Å². The number of aliphatic hydroxyl groups is 1. The van der Waals surface area contributed by atoms with Gasteiger partial charge in [-0.05, 0) is 6.42 Å². The summed E-state index contributed by atoms with van der Waals surface area (Å²) in [6.07, 6.45) is 2.52. The molecule has 0 unspecified atom stereocenters. The number of aromatic nitrogens is 2. The van der Waals surface area contributed by atoms with Crippen molar-refractivity contribution in [2.24, 2.45) is 0 Å². The molecule has 0 radical (unpaired) electrons. The van der Waals surface area contributed by atoms with Gasteiger partial charge in [0.15, 0.2) is 0 Å². The van der Waals surface area contributed by atoms with Gasteiger partial charge in [0.2, 0.25) is 5.88 Å². The summed E-state index contributed by atoms with van der Waals surface area (Å²) < 4.78 is 4.92. The molecule has 4 nitrogen and oxygen atoms in total. The van der Waals surface area contributed by atoms with E-state index >= 15 is 0 Å². The van der Waals surface area contributed by atoms with Crippen molar-refractivity contribution < 1.29 is 9.84 Å². The minimum Gasteiger partial charge on any atom is -0.481 e. The monoisotopic (exact) mass is 182 g/mol. The average Bonchev–Trinajstić information content (AvgIpc) is 2.18. The Morgan fingerprint density at radius 3 is 2.92 bits per heavy atom. The first kappa shape index (κ1) is 9.92. The Kier molecular flexibility index (Phi) is 3.64. The van der Waals surface area contributed by atoms with Crippen LogP contribution < -0.4 is 4.74 Å². The first-order valence-electron chi connectivity index (χ1n) is 4.32. The van der Waals surface area contributed by atoms with E-state index in [1.165, 1.54) is 13.4 Å². The van der Waals surface area contributed by atoms with E-state index in [-0.39, 0.29) is 0 Å². The van der Waals surface area contributed by atoms with Crippen molar-refractivity contribution in [1.82, 2.24) is 9.97 Å². The summed E-state index contributed by atoms with van der Waals surface area (Å²) in [5.41, 5.74) is 0.619. The van der Waals surface area contributed by atoms with Crippen LogP contribution in [0.25, 0.3) is 0 Å². The quantitative estimate of drug-likeness (QED) is 0.763. The Balaban J connectivity index is 2.75. The predicted octanol–water partition coefficient (Wildman–Crippen LogP) is 1.32. The summed E-state index contributed by atoms with van der Waals surface area (Å²) in [5.74, 6) is 0.486. The molecule has 0 aliphatic heterocycles. The molecule has 0 amide bonds. The molecule has 1 heterocycles. The van der Waals surface area contributed by atoms with Crippen molar-refractivity contribution in [3.8, 4) is 5.88 Å². The fraction of sp³-hybridized carbons (Fsp3) is 0.556.